The molecule has 0 heterocycles. The van der Waals surface area contributed by atoms with Crippen molar-refractivity contribution in [1.82, 2.24) is 0 Å². The summed E-state index contributed by atoms with van der Waals surface area (Å²) in [6.45, 7) is 10.7. The van der Waals surface area contributed by atoms with Crippen molar-refractivity contribution in [2.24, 2.45) is 39.9 Å². The van der Waals surface area contributed by atoms with Crippen molar-refractivity contribution in [2.45, 2.75) is 85.7 Å². The Morgan fingerprint density at radius 3 is 2.43 bits per heavy atom. The first-order chi connectivity index (χ1) is 13.0. The number of hydrogen-bond acceptors (Lipinski definition) is 3. The van der Waals surface area contributed by atoms with E-state index in [1.807, 2.05) is 27.9 Å². The normalized spacial score (nSPS) is 45.7. The van der Waals surface area contributed by atoms with Crippen LogP contribution in [0.15, 0.2) is 11.6 Å². The van der Waals surface area contributed by atoms with E-state index in [9.17, 15) is 9.59 Å². The Balaban J connectivity index is 1.71. The van der Waals surface area contributed by atoms with E-state index >= 15 is 0 Å². The van der Waals surface area contributed by atoms with Gasteiger partial charge in [-0.25, -0.2) is 0 Å². The van der Waals surface area contributed by atoms with Crippen molar-refractivity contribution in [3.05, 3.63) is 11.6 Å². The SMILES string of the molecule is COC1C=C2CC[C@@H]3[C@H](CC[C@]4(C)C(=O)CC(C(=O)C(C)(C)C)[C@@H]34)[C@@]2(C)CC1. The van der Waals surface area contributed by atoms with Gasteiger partial charge >= 0.3 is 0 Å². The minimum atomic E-state index is -0.372. The summed E-state index contributed by atoms with van der Waals surface area (Å²) in [5.74, 6) is 1.93. The van der Waals surface area contributed by atoms with Gasteiger partial charge in [0.1, 0.15) is 11.6 Å². The van der Waals surface area contributed by atoms with Crippen molar-refractivity contribution in [3.63, 3.8) is 0 Å². The van der Waals surface area contributed by atoms with E-state index in [1.54, 1.807) is 5.57 Å². The molecule has 4 aliphatic rings. The zero-order valence-electron chi connectivity index (χ0n) is 18.6. The van der Waals surface area contributed by atoms with Crippen molar-refractivity contribution < 1.29 is 14.3 Å². The van der Waals surface area contributed by atoms with Gasteiger partial charge in [0.25, 0.3) is 0 Å². The maximum atomic E-state index is 13.3. The zero-order chi connectivity index (χ0) is 20.5. The average molecular weight is 387 g/mol. The summed E-state index contributed by atoms with van der Waals surface area (Å²) >= 11 is 0. The summed E-state index contributed by atoms with van der Waals surface area (Å²) in [4.78, 5) is 26.5. The average Bonchev–Trinajstić information content (AvgIpc) is 2.90. The Hall–Kier alpha value is -0.960. The molecule has 3 saturated carbocycles. The molecule has 156 valence electrons. The molecule has 2 unspecified atom stereocenters. The van der Waals surface area contributed by atoms with Crippen LogP contribution in [0.1, 0.15) is 79.6 Å². The second-order valence-electron chi connectivity index (χ2n) is 11.6. The van der Waals surface area contributed by atoms with Gasteiger partial charge < -0.3 is 4.74 Å². The Morgan fingerprint density at radius 1 is 1.11 bits per heavy atom. The van der Waals surface area contributed by atoms with Crippen molar-refractivity contribution >= 4 is 11.6 Å². The van der Waals surface area contributed by atoms with E-state index in [0.717, 1.165) is 32.1 Å². The lowest BCUT2D eigenvalue weighted by Crippen LogP contribution is -2.53. The number of Topliss-reactive ketones (excluding diaryl/α,β-unsaturated/α-hetero) is 2. The molecule has 0 saturated heterocycles. The zero-order valence-corrected chi connectivity index (χ0v) is 18.6. The Kier molecular flexibility index (Phi) is 4.73. The molecule has 0 radical (unpaired) electrons. The highest BCUT2D eigenvalue weighted by molar-refractivity contribution is 5.97. The largest absolute Gasteiger partial charge is 0.377 e. The Bertz CT molecular complexity index is 714. The molecule has 4 aliphatic carbocycles. The van der Waals surface area contributed by atoms with Crippen LogP contribution >= 0.6 is 0 Å². The van der Waals surface area contributed by atoms with Crippen LogP contribution in [0.4, 0.5) is 0 Å². The second-order valence-corrected chi connectivity index (χ2v) is 11.6. The molecule has 3 fully saturated rings. The van der Waals surface area contributed by atoms with Crippen molar-refractivity contribution in [2.75, 3.05) is 7.11 Å². The maximum Gasteiger partial charge on any atom is 0.142 e. The topological polar surface area (TPSA) is 43.4 Å². The van der Waals surface area contributed by atoms with E-state index < -0.39 is 0 Å². The quantitative estimate of drug-likeness (QED) is 0.599. The standard InChI is InChI=1S/C25H38O3/c1-23(2,3)22(27)18-14-20(26)25(5)12-10-19-17(21(18)25)8-7-15-13-16(28-6)9-11-24(15,19)4/h13,16-19,21H,7-12,14H2,1-6H3/t16?,17-,18?,19+,21-,24+,25-/m1/s1. The highest BCUT2D eigenvalue weighted by Gasteiger charge is 2.63. The highest BCUT2D eigenvalue weighted by atomic mass is 16.5. The number of carbonyl (C=O) groups is 2. The predicted molar refractivity (Wildman–Crippen MR) is 111 cm³/mol. The van der Waals surface area contributed by atoms with Crippen LogP contribution in [-0.4, -0.2) is 24.8 Å². The summed E-state index contributed by atoms with van der Waals surface area (Å²) in [6.07, 6.45) is 9.72. The first-order valence-electron chi connectivity index (χ1n) is 11.3. The summed E-state index contributed by atoms with van der Waals surface area (Å²) in [5.41, 5.74) is 1.15. The van der Waals surface area contributed by atoms with Crippen LogP contribution < -0.4 is 0 Å². The van der Waals surface area contributed by atoms with Gasteiger partial charge in [0.05, 0.1) is 6.10 Å². The third kappa shape index (κ3) is 2.79. The van der Waals surface area contributed by atoms with Crippen LogP contribution in [0.3, 0.4) is 0 Å². The first-order valence-corrected chi connectivity index (χ1v) is 11.3. The van der Waals surface area contributed by atoms with E-state index in [0.29, 0.717) is 29.8 Å². The van der Waals surface area contributed by atoms with Gasteiger partial charge in [-0.3, -0.25) is 9.59 Å². The van der Waals surface area contributed by atoms with E-state index in [4.69, 9.17) is 4.74 Å². The van der Waals surface area contributed by atoms with E-state index in [1.165, 1.54) is 6.42 Å². The number of ketones is 2. The molecule has 3 heteroatoms. The molecule has 0 aromatic carbocycles. The summed E-state index contributed by atoms with van der Waals surface area (Å²) in [5, 5.41) is 0. The van der Waals surface area contributed by atoms with E-state index in [-0.39, 0.29) is 34.2 Å². The second kappa shape index (κ2) is 6.52. The van der Waals surface area contributed by atoms with Gasteiger partial charge in [0, 0.05) is 30.3 Å². The number of rotatable bonds is 2. The molecule has 0 bridgehead atoms. The first kappa shape index (κ1) is 20.3. The minimum Gasteiger partial charge on any atom is -0.377 e. The van der Waals surface area contributed by atoms with Crippen molar-refractivity contribution in [3.8, 4) is 0 Å². The molecule has 0 aliphatic heterocycles. The van der Waals surface area contributed by atoms with Crippen molar-refractivity contribution in [1.29, 1.82) is 0 Å². The fourth-order valence-electron chi connectivity index (χ4n) is 7.57. The third-order valence-electron chi connectivity index (χ3n) is 9.18. The molecule has 4 rings (SSSR count). The minimum absolute atomic E-state index is 0.0743. The van der Waals surface area contributed by atoms with Gasteiger partial charge in [-0.05, 0) is 61.7 Å². The number of allylic oxidation sites excluding steroid dienone is 1. The molecule has 0 aromatic rings. The summed E-state index contributed by atoms with van der Waals surface area (Å²) in [6, 6.07) is 0. The van der Waals surface area contributed by atoms with Crippen LogP contribution in [0.25, 0.3) is 0 Å². The third-order valence-corrected chi connectivity index (χ3v) is 9.18. The summed E-state index contributed by atoms with van der Waals surface area (Å²) < 4.78 is 5.64. The van der Waals surface area contributed by atoms with Gasteiger partial charge in [0.2, 0.25) is 0 Å². The van der Waals surface area contributed by atoms with Crippen LogP contribution in [0.5, 0.6) is 0 Å². The molecular weight excluding hydrogens is 348 g/mol. The monoisotopic (exact) mass is 386 g/mol. The van der Waals surface area contributed by atoms with Crippen LogP contribution in [-0.2, 0) is 14.3 Å². The Morgan fingerprint density at radius 2 is 1.79 bits per heavy atom. The van der Waals surface area contributed by atoms with Crippen LogP contribution in [0.2, 0.25) is 0 Å². The molecule has 0 N–H and O–H groups in total. The van der Waals surface area contributed by atoms with Gasteiger partial charge in [0.15, 0.2) is 0 Å². The molecule has 0 spiro atoms. The lowest BCUT2D eigenvalue weighted by atomic mass is 9.46. The molecule has 7 atom stereocenters. The molecule has 0 amide bonds. The number of methoxy groups -OCH3 is 1. The van der Waals surface area contributed by atoms with Gasteiger partial charge in [-0.1, -0.05) is 46.3 Å². The fraction of sp³-hybridized carbons (Fsp3) is 0.840. The maximum absolute atomic E-state index is 13.3. The lowest BCUT2D eigenvalue weighted by molar-refractivity contribution is -0.138. The highest BCUT2D eigenvalue weighted by Crippen LogP contribution is 2.66. The number of hydrogen-bond donors (Lipinski definition) is 0. The molecule has 3 nitrogen and oxygen atoms in total. The smallest absolute Gasteiger partial charge is 0.142 e. The number of ether oxygens (including phenoxy) is 1. The number of carbonyl (C=O) groups excluding carboxylic acids is 2. The molecule has 0 aromatic heterocycles. The Labute approximate surface area is 170 Å². The molecule has 28 heavy (non-hydrogen) atoms. The van der Waals surface area contributed by atoms with E-state index in [2.05, 4.69) is 19.9 Å². The number of fused-ring (bicyclic) bond motifs is 5. The lowest BCUT2D eigenvalue weighted by Gasteiger charge is -2.58. The summed E-state index contributed by atoms with van der Waals surface area (Å²) in [7, 11) is 1.81. The fourth-order valence-corrected chi connectivity index (χ4v) is 7.57. The van der Waals surface area contributed by atoms with Gasteiger partial charge in [-0.2, -0.15) is 0 Å². The van der Waals surface area contributed by atoms with Crippen LogP contribution in [0, 0.1) is 39.9 Å². The predicted octanol–water partition coefficient (Wildman–Crippen LogP) is 5.37. The van der Waals surface area contributed by atoms with Gasteiger partial charge in [-0.15, -0.1) is 0 Å². The molecular formula is C25H38O3.